The van der Waals surface area contributed by atoms with E-state index in [2.05, 4.69) is 39.2 Å². The van der Waals surface area contributed by atoms with E-state index in [0.717, 1.165) is 56.2 Å². The standard InChI is InChI=1S/C22H29N3O2/c1-3-27-23-20(19-9-5-4-6-10-19)13-14-24-15-17-25(18-16-24)21-11-7-8-12-22(21)26-2/h4-12H,3,13-18H2,1-2H3/b23-20+. The third-order valence-corrected chi connectivity index (χ3v) is 4.87. The normalized spacial score (nSPS) is 15.6. The Morgan fingerprint density at radius 3 is 2.37 bits per heavy atom. The predicted octanol–water partition coefficient (Wildman–Crippen LogP) is 3.65. The van der Waals surface area contributed by atoms with E-state index >= 15 is 0 Å². The molecular weight excluding hydrogens is 338 g/mol. The molecule has 5 heteroatoms. The average molecular weight is 367 g/mol. The molecule has 0 bridgehead atoms. The minimum Gasteiger partial charge on any atom is -0.495 e. The molecule has 3 rings (SSSR count). The summed E-state index contributed by atoms with van der Waals surface area (Å²) in [6.45, 7) is 7.62. The number of piperazine rings is 1. The summed E-state index contributed by atoms with van der Waals surface area (Å²) in [6.07, 6.45) is 0.888. The lowest BCUT2D eigenvalue weighted by Crippen LogP contribution is -2.47. The number of benzene rings is 2. The van der Waals surface area contributed by atoms with Crippen molar-refractivity contribution in [3.63, 3.8) is 0 Å². The number of methoxy groups -OCH3 is 1. The van der Waals surface area contributed by atoms with E-state index in [1.807, 2.05) is 37.3 Å². The van der Waals surface area contributed by atoms with E-state index in [1.165, 1.54) is 5.69 Å². The third kappa shape index (κ3) is 5.23. The van der Waals surface area contributed by atoms with Gasteiger partial charge in [-0.2, -0.15) is 0 Å². The van der Waals surface area contributed by atoms with Crippen LogP contribution in [0.15, 0.2) is 59.8 Å². The van der Waals surface area contributed by atoms with Gasteiger partial charge in [0.2, 0.25) is 0 Å². The van der Waals surface area contributed by atoms with Crippen LogP contribution < -0.4 is 9.64 Å². The number of anilines is 1. The van der Waals surface area contributed by atoms with Gasteiger partial charge in [-0.05, 0) is 24.6 Å². The van der Waals surface area contributed by atoms with Crippen LogP contribution >= 0.6 is 0 Å². The lowest BCUT2D eigenvalue weighted by molar-refractivity contribution is 0.157. The number of para-hydroxylation sites is 2. The average Bonchev–Trinajstić information content (AvgIpc) is 2.75. The fraction of sp³-hybridized carbons (Fsp3) is 0.409. The van der Waals surface area contributed by atoms with Gasteiger partial charge in [-0.3, -0.25) is 4.90 Å². The summed E-state index contributed by atoms with van der Waals surface area (Å²) in [5.74, 6) is 0.946. The molecule has 1 heterocycles. The van der Waals surface area contributed by atoms with E-state index in [-0.39, 0.29) is 0 Å². The van der Waals surface area contributed by atoms with Crippen LogP contribution in [0.2, 0.25) is 0 Å². The zero-order valence-electron chi connectivity index (χ0n) is 16.3. The zero-order valence-corrected chi connectivity index (χ0v) is 16.3. The molecule has 0 amide bonds. The number of oxime groups is 1. The van der Waals surface area contributed by atoms with E-state index in [4.69, 9.17) is 9.57 Å². The minimum atomic E-state index is 0.591. The predicted molar refractivity (Wildman–Crippen MR) is 111 cm³/mol. The summed E-state index contributed by atoms with van der Waals surface area (Å²) in [6, 6.07) is 18.6. The van der Waals surface area contributed by atoms with Crippen molar-refractivity contribution in [3.05, 3.63) is 60.2 Å². The second-order valence-electron chi connectivity index (χ2n) is 6.57. The van der Waals surface area contributed by atoms with Crippen LogP contribution in [0.3, 0.4) is 0 Å². The molecule has 1 aliphatic heterocycles. The van der Waals surface area contributed by atoms with Gasteiger partial charge in [-0.25, -0.2) is 0 Å². The molecule has 0 aliphatic carbocycles. The Labute approximate surface area is 162 Å². The molecule has 0 N–H and O–H groups in total. The van der Waals surface area contributed by atoms with Crippen molar-refractivity contribution in [2.75, 3.05) is 51.3 Å². The van der Waals surface area contributed by atoms with Crippen LogP contribution in [0.25, 0.3) is 0 Å². The molecular formula is C22H29N3O2. The highest BCUT2D eigenvalue weighted by atomic mass is 16.6. The maximum Gasteiger partial charge on any atom is 0.142 e. The molecule has 0 atom stereocenters. The molecule has 0 unspecified atom stereocenters. The van der Waals surface area contributed by atoms with Gasteiger partial charge >= 0.3 is 0 Å². The second kappa shape index (κ2) is 9.97. The molecule has 27 heavy (non-hydrogen) atoms. The van der Waals surface area contributed by atoms with Gasteiger partial charge in [0, 0.05) is 39.1 Å². The molecule has 1 fully saturated rings. The molecule has 5 nitrogen and oxygen atoms in total. The van der Waals surface area contributed by atoms with E-state index in [0.29, 0.717) is 6.61 Å². The number of ether oxygens (including phenoxy) is 1. The van der Waals surface area contributed by atoms with Crippen LogP contribution in [0.5, 0.6) is 5.75 Å². The lowest BCUT2D eigenvalue weighted by atomic mass is 10.1. The van der Waals surface area contributed by atoms with Gasteiger partial charge in [0.1, 0.15) is 12.4 Å². The molecule has 0 spiro atoms. The van der Waals surface area contributed by atoms with Gasteiger partial charge in [0.25, 0.3) is 0 Å². The first-order chi connectivity index (χ1) is 13.3. The number of nitrogens with zero attached hydrogens (tertiary/aromatic N) is 3. The molecule has 144 valence electrons. The highest BCUT2D eigenvalue weighted by Gasteiger charge is 2.20. The van der Waals surface area contributed by atoms with Crippen molar-refractivity contribution >= 4 is 11.4 Å². The summed E-state index contributed by atoms with van der Waals surface area (Å²) in [4.78, 5) is 10.2. The summed E-state index contributed by atoms with van der Waals surface area (Å²) in [5.41, 5.74) is 3.34. The van der Waals surface area contributed by atoms with Crippen LogP contribution in [-0.2, 0) is 4.84 Å². The fourth-order valence-electron chi connectivity index (χ4n) is 3.38. The van der Waals surface area contributed by atoms with Gasteiger partial charge in [-0.1, -0.05) is 47.6 Å². The first-order valence-electron chi connectivity index (χ1n) is 9.66. The van der Waals surface area contributed by atoms with E-state index in [9.17, 15) is 0 Å². The molecule has 0 aromatic heterocycles. The van der Waals surface area contributed by atoms with Crippen LogP contribution in [0.4, 0.5) is 5.69 Å². The Kier molecular flexibility index (Phi) is 7.11. The monoisotopic (exact) mass is 367 g/mol. The van der Waals surface area contributed by atoms with Crippen molar-refractivity contribution < 1.29 is 9.57 Å². The number of rotatable bonds is 8. The maximum atomic E-state index is 5.51. The van der Waals surface area contributed by atoms with E-state index < -0.39 is 0 Å². The first kappa shape index (κ1) is 19.2. The van der Waals surface area contributed by atoms with Crippen LogP contribution in [0, 0.1) is 0 Å². The van der Waals surface area contributed by atoms with Crippen molar-refractivity contribution in [1.29, 1.82) is 0 Å². The highest BCUT2D eigenvalue weighted by molar-refractivity contribution is 6.00. The van der Waals surface area contributed by atoms with Crippen molar-refractivity contribution in [2.45, 2.75) is 13.3 Å². The Bertz CT molecular complexity index is 725. The molecule has 2 aromatic carbocycles. The van der Waals surface area contributed by atoms with Crippen molar-refractivity contribution in [2.24, 2.45) is 5.16 Å². The quantitative estimate of drug-likeness (QED) is 0.527. The van der Waals surface area contributed by atoms with Gasteiger partial charge in [0.05, 0.1) is 18.5 Å². The number of hydrogen-bond donors (Lipinski definition) is 0. The molecule has 2 aromatic rings. The van der Waals surface area contributed by atoms with Gasteiger partial charge in [-0.15, -0.1) is 0 Å². The van der Waals surface area contributed by atoms with Crippen molar-refractivity contribution in [3.8, 4) is 5.75 Å². The molecule has 0 radical (unpaired) electrons. The molecule has 1 saturated heterocycles. The van der Waals surface area contributed by atoms with Crippen molar-refractivity contribution in [1.82, 2.24) is 4.90 Å². The number of hydrogen-bond acceptors (Lipinski definition) is 5. The summed E-state index contributed by atoms with van der Waals surface area (Å²) in [5, 5.41) is 4.35. The van der Waals surface area contributed by atoms with E-state index in [1.54, 1.807) is 7.11 Å². The largest absolute Gasteiger partial charge is 0.495 e. The Balaban J connectivity index is 1.55. The SMILES string of the molecule is CCO/N=C(\CCN1CCN(c2ccccc2OC)CC1)c1ccccc1. The smallest absolute Gasteiger partial charge is 0.142 e. The lowest BCUT2D eigenvalue weighted by Gasteiger charge is -2.36. The molecule has 0 saturated carbocycles. The fourth-order valence-corrected chi connectivity index (χ4v) is 3.38. The Morgan fingerprint density at radius 1 is 0.963 bits per heavy atom. The maximum absolute atomic E-state index is 5.51. The minimum absolute atomic E-state index is 0.591. The van der Waals surface area contributed by atoms with Crippen LogP contribution in [-0.4, -0.2) is 57.1 Å². The Hall–Kier alpha value is -2.53. The molecule has 1 aliphatic rings. The highest BCUT2D eigenvalue weighted by Crippen LogP contribution is 2.28. The third-order valence-electron chi connectivity index (χ3n) is 4.87. The second-order valence-corrected chi connectivity index (χ2v) is 6.57. The Morgan fingerprint density at radius 2 is 1.67 bits per heavy atom. The van der Waals surface area contributed by atoms with Gasteiger partial charge < -0.3 is 14.5 Å². The summed E-state index contributed by atoms with van der Waals surface area (Å²) < 4.78 is 5.51. The first-order valence-corrected chi connectivity index (χ1v) is 9.66. The zero-order chi connectivity index (χ0) is 18.9. The summed E-state index contributed by atoms with van der Waals surface area (Å²) in [7, 11) is 1.73. The summed E-state index contributed by atoms with van der Waals surface area (Å²) >= 11 is 0. The van der Waals surface area contributed by atoms with Crippen LogP contribution in [0.1, 0.15) is 18.9 Å². The van der Waals surface area contributed by atoms with Gasteiger partial charge in [0.15, 0.2) is 0 Å². The topological polar surface area (TPSA) is 37.3 Å².